The van der Waals surface area contributed by atoms with Crippen molar-refractivity contribution in [3.8, 4) is 0 Å². The Morgan fingerprint density at radius 1 is 1.31 bits per heavy atom. The smallest absolute Gasteiger partial charge is 0.254 e. The summed E-state index contributed by atoms with van der Waals surface area (Å²) in [5.41, 5.74) is 2.32. The van der Waals surface area contributed by atoms with Gasteiger partial charge >= 0.3 is 0 Å². The van der Waals surface area contributed by atoms with Gasteiger partial charge in [0.2, 0.25) is 10.0 Å². The molecule has 8 heteroatoms. The molecule has 2 N–H and O–H groups in total. The average molecular weight is 383 g/mol. The molecule has 0 aromatic carbocycles. The molecule has 0 fully saturated rings. The predicted octanol–water partition coefficient (Wildman–Crippen LogP) is 1.79. The van der Waals surface area contributed by atoms with E-state index in [9.17, 15) is 13.2 Å². The van der Waals surface area contributed by atoms with Crippen LogP contribution in [0.4, 0.5) is 5.82 Å². The number of aromatic nitrogens is 1. The van der Waals surface area contributed by atoms with Crippen molar-refractivity contribution in [3.05, 3.63) is 22.9 Å². The summed E-state index contributed by atoms with van der Waals surface area (Å²) in [4.78, 5) is 16.9. The summed E-state index contributed by atoms with van der Waals surface area (Å²) in [6.07, 6.45) is 2.66. The third kappa shape index (κ3) is 4.94. The molecule has 1 aliphatic heterocycles. The van der Waals surface area contributed by atoms with Gasteiger partial charge in [-0.2, -0.15) is 0 Å². The topological polar surface area (TPSA) is 91.4 Å². The summed E-state index contributed by atoms with van der Waals surface area (Å²) in [5, 5.41) is 5.87. The van der Waals surface area contributed by atoms with E-state index in [-0.39, 0.29) is 17.7 Å². The standard InChI is InChI=1S/C18H30N4O3S/c1-5-6-11-26(24,25)22-9-7-14-12-15(18(23)19-4)17(20-13(2)3)21-16(14)8-10-22/h12-13H,5-11H2,1-4H3,(H,19,23)(H,20,21). The van der Waals surface area contributed by atoms with Crippen LogP contribution in [0.3, 0.4) is 0 Å². The lowest BCUT2D eigenvalue weighted by Crippen LogP contribution is -2.35. The highest BCUT2D eigenvalue weighted by Gasteiger charge is 2.26. The maximum atomic E-state index is 12.5. The molecule has 146 valence electrons. The fourth-order valence-corrected chi connectivity index (χ4v) is 4.69. The largest absolute Gasteiger partial charge is 0.367 e. The molecule has 1 aromatic rings. The van der Waals surface area contributed by atoms with E-state index in [1.807, 2.05) is 26.8 Å². The first kappa shape index (κ1) is 20.6. The van der Waals surface area contributed by atoms with Gasteiger partial charge in [-0.05, 0) is 38.3 Å². The second-order valence-electron chi connectivity index (χ2n) is 6.94. The Bertz CT molecular complexity index is 747. The highest BCUT2D eigenvalue weighted by atomic mass is 32.2. The minimum Gasteiger partial charge on any atom is -0.367 e. The molecule has 0 saturated carbocycles. The van der Waals surface area contributed by atoms with Gasteiger partial charge in [0, 0.05) is 38.3 Å². The molecule has 26 heavy (non-hydrogen) atoms. The van der Waals surface area contributed by atoms with Crippen molar-refractivity contribution in [1.82, 2.24) is 14.6 Å². The number of sulfonamides is 1. The van der Waals surface area contributed by atoms with E-state index in [1.54, 1.807) is 11.4 Å². The molecule has 0 spiro atoms. The third-order valence-electron chi connectivity index (χ3n) is 4.47. The molecular formula is C18H30N4O3S. The minimum absolute atomic E-state index is 0.139. The van der Waals surface area contributed by atoms with Crippen molar-refractivity contribution in [2.24, 2.45) is 0 Å². The Morgan fingerprint density at radius 3 is 2.62 bits per heavy atom. The number of amides is 1. The van der Waals surface area contributed by atoms with Gasteiger partial charge in [0.25, 0.3) is 5.91 Å². The second-order valence-corrected chi connectivity index (χ2v) is 9.03. The van der Waals surface area contributed by atoms with E-state index in [4.69, 9.17) is 0 Å². The van der Waals surface area contributed by atoms with Crippen molar-refractivity contribution in [2.75, 3.05) is 31.2 Å². The molecule has 7 nitrogen and oxygen atoms in total. The number of hydrogen-bond donors (Lipinski definition) is 2. The SMILES string of the molecule is CCCCS(=O)(=O)N1CCc2cc(C(=O)NC)c(NC(C)C)nc2CC1. The third-order valence-corrected chi connectivity index (χ3v) is 6.42. The lowest BCUT2D eigenvalue weighted by Gasteiger charge is -2.19. The fraction of sp³-hybridized carbons (Fsp3) is 0.667. The van der Waals surface area contributed by atoms with Crippen LogP contribution in [0.5, 0.6) is 0 Å². The molecule has 0 unspecified atom stereocenters. The van der Waals surface area contributed by atoms with E-state index in [0.717, 1.165) is 17.7 Å². The van der Waals surface area contributed by atoms with Gasteiger partial charge in [0.1, 0.15) is 5.82 Å². The Morgan fingerprint density at radius 2 is 2.00 bits per heavy atom. The minimum atomic E-state index is -3.24. The average Bonchev–Trinajstić information content (AvgIpc) is 2.80. The summed E-state index contributed by atoms with van der Waals surface area (Å²) in [7, 11) is -1.64. The van der Waals surface area contributed by atoms with E-state index in [2.05, 4.69) is 15.6 Å². The Kier molecular flexibility index (Phi) is 7.00. The van der Waals surface area contributed by atoms with Gasteiger partial charge in [-0.3, -0.25) is 4.79 Å². The van der Waals surface area contributed by atoms with E-state index >= 15 is 0 Å². The van der Waals surface area contributed by atoms with Crippen molar-refractivity contribution >= 4 is 21.7 Å². The number of carbonyl (C=O) groups excluding carboxylic acids is 1. The zero-order valence-corrected chi connectivity index (χ0v) is 16.9. The summed E-state index contributed by atoms with van der Waals surface area (Å²) in [5.74, 6) is 0.553. The molecular weight excluding hydrogens is 352 g/mol. The number of nitrogens with zero attached hydrogens (tertiary/aromatic N) is 2. The van der Waals surface area contributed by atoms with Crippen LogP contribution in [0.15, 0.2) is 6.07 Å². The van der Waals surface area contributed by atoms with Gasteiger partial charge in [-0.1, -0.05) is 13.3 Å². The van der Waals surface area contributed by atoms with Crippen LogP contribution in [-0.2, 0) is 22.9 Å². The molecule has 0 bridgehead atoms. The summed E-state index contributed by atoms with van der Waals surface area (Å²) in [6.45, 7) is 6.84. The Labute approximate surface area is 156 Å². The highest BCUT2D eigenvalue weighted by molar-refractivity contribution is 7.89. The van der Waals surface area contributed by atoms with Crippen molar-refractivity contribution in [1.29, 1.82) is 0 Å². The van der Waals surface area contributed by atoms with Crippen LogP contribution in [0.25, 0.3) is 0 Å². The van der Waals surface area contributed by atoms with Gasteiger partial charge in [0.15, 0.2) is 0 Å². The van der Waals surface area contributed by atoms with Crippen LogP contribution < -0.4 is 10.6 Å². The number of anilines is 1. The van der Waals surface area contributed by atoms with Crippen molar-refractivity contribution in [2.45, 2.75) is 52.5 Å². The summed E-state index contributed by atoms with van der Waals surface area (Å²) in [6, 6.07) is 1.99. The molecule has 2 heterocycles. The normalized spacial score (nSPS) is 15.4. The first-order valence-corrected chi connectivity index (χ1v) is 10.9. The number of nitrogens with one attached hydrogen (secondary N) is 2. The van der Waals surface area contributed by atoms with Crippen LogP contribution in [0.1, 0.15) is 55.2 Å². The van der Waals surface area contributed by atoms with Gasteiger partial charge in [-0.15, -0.1) is 0 Å². The maximum absolute atomic E-state index is 12.5. The van der Waals surface area contributed by atoms with Crippen LogP contribution in [0, 0.1) is 0 Å². The molecule has 0 radical (unpaired) electrons. The van der Waals surface area contributed by atoms with E-state index < -0.39 is 10.0 Å². The lowest BCUT2D eigenvalue weighted by molar-refractivity contribution is 0.0963. The molecule has 1 aromatic heterocycles. The zero-order valence-electron chi connectivity index (χ0n) is 16.1. The van der Waals surface area contributed by atoms with Crippen LogP contribution in [0.2, 0.25) is 0 Å². The molecule has 0 saturated heterocycles. The quantitative estimate of drug-likeness (QED) is 0.750. The maximum Gasteiger partial charge on any atom is 0.254 e. The van der Waals surface area contributed by atoms with E-state index in [0.29, 0.717) is 43.7 Å². The highest BCUT2D eigenvalue weighted by Crippen LogP contribution is 2.23. The van der Waals surface area contributed by atoms with Crippen molar-refractivity contribution < 1.29 is 13.2 Å². The van der Waals surface area contributed by atoms with Gasteiger partial charge < -0.3 is 10.6 Å². The van der Waals surface area contributed by atoms with Crippen LogP contribution >= 0.6 is 0 Å². The molecule has 1 amide bonds. The molecule has 1 aliphatic rings. The van der Waals surface area contributed by atoms with Crippen molar-refractivity contribution in [3.63, 3.8) is 0 Å². The first-order valence-electron chi connectivity index (χ1n) is 9.27. The fourth-order valence-electron chi connectivity index (χ4n) is 3.04. The number of carbonyl (C=O) groups is 1. The lowest BCUT2D eigenvalue weighted by atomic mass is 10.0. The van der Waals surface area contributed by atoms with E-state index in [1.165, 1.54) is 0 Å². The predicted molar refractivity (Wildman–Crippen MR) is 104 cm³/mol. The molecule has 2 rings (SSSR count). The Hall–Kier alpha value is -1.67. The Balaban J connectivity index is 2.30. The summed E-state index contributed by atoms with van der Waals surface area (Å²) >= 11 is 0. The number of pyridine rings is 1. The first-order chi connectivity index (χ1) is 12.3. The number of fused-ring (bicyclic) bond motifs is 1. The summed E-state index contributed by atoms with van der Waals surface area (Å²) < 4.78 is 26.6. The zero-order chi connectivity index (χ0) is 19.3. The monoisotopic (exact) mass is 382 g/mol. The molecule has 0 aliphatic carbocycles. The van der Waals surface area contributed by atoms with Crippen LogP contribution in [-0.4, -0.2) is 55.5 Å². The second kappa shape index (κ2) is 8.81. The molecule has 0 atom stereocenters. The van der Waals surface area contributed by atoms with Gasteiger partial charge in [0.05, 0.1) is 11.3 Å². The number of hydrogen-bond acceptors (Lipinski definition) is 5. The number of rotatable bonds is 7. The number of unbranched alkanes of at least 4 members (excludes halogenated alkanes) is 1. The van der Waals surface area contributed by atoms with Gasteiger partial charge in [-0.25, -0.2) is 17.7 Å².